The fourth-order valence-corrected chi connectivity index (χ4v) is 2.62. The molecule has 0 spiro atoms. The SMILES string of the molecule is CC(N)C1=CCC=C(C(=O)Nc2ccncc2)C=C1c1ccoc1. The van der Waals surface area contributed by atoms with Crippen molar-refractivity contribution in [2.45, 2.75) is 19.4 Å². The molecule has 3 N–H and O–H groups in total. The molecule has 0 bridgehead atoms. The third-order valence-electron chi connectivity index (χ3n) is 3.81. The van der Waals surface area contributed by atoms with Crippen molar-refractivity contribution >= 4 is 17.2 Å². The first-order valence-electron chi connectivity index (χ1n) is 7.77. The van der Waals surface area contributed by atoms with Gasteiger partial charge in [0, 0.05) is 35.3 Å². The van der Waals surface area contributed by atoms with Gasteiger partial charge >= 0.3 is 0 Å². The summed E-state index contributed by atoms with van der Waals surface area (Å²) in [6, 6.07) is 5.23. The number of hydrogen-bond donors (Lipinski definition) is 2. The van der Waals surface area contributed by atoms with Crippen LogP contribution in [0.1, 0.15) is 18.9 Å². The Morgan fingerprint density at radius 3 is 2.75 bits per heavy atom. The molecule has 2 aromatic rings. The second kappa shape index (κ2) is 7.10. The summed E-state index contributed by atoms with van der Waals surface area (Å²) in [6.45, 7) is 1.93. The van der Waals surface area contributed by atoms with Crippen molar-refractivity contribution in [2.75, 3.05) is 5.32 Å². The van der Waals surface area contributed by atoms with Crippen molar-refractivity contribution in [1.82, 2.24) is 4.98 Å². The van der Waals surface area contributed by atoms with Crippen LogP contribution < -0.4 is 11.1 Å². The van der Waals surface area contributed by atoms with Gasteiger partial charge in [0.25, 0.3) is 5.91 Å². The highest BCUT2D eigenvalue weighted by Gasteiger charge is 2.18. The van der Waals surface area contributed by atoms with Crippen LogP contribution in [0.2, 0.25) is 0 Å². The molecule has 1 aliphatic rings. The fourth-order valence-electron chi connectivity index (χ4n) is 2.62. The standard InChI is InChI=1S/C19H19N3O2/c1-13(20)17-4-2-3-14(11-18(17)15-7-10-24-12-15)19(23)22-16-5-8-21-9-6-16/h3-13H,2,20H2,1H3,(H,21,22,23). The van der Waals surface area contributed by atoms with E-state index in [2.05, 4.69) is 16.4 Å². The van der Waals surface area contributed by atoms with Gasteiger partial charge in [-0.15, -0.1) is 0 Å². The minimum Gasteiger partial charge on any atom is -0.472 e. The number of nitrogens with two attached hydrogens (primary N) is 1. The number of hydrogen-bond acceptors (Lipinski definition) is 4. The lowest BCUT2D eigenvalue weighted by Gasteiger charge is -2.14. The lowest BCUT2D eigenvalue weighted by Crippen LogP contribution is -2.19. The second-order valence-electron chi connectivity index (χ2n) is 5.60. The lowest BCUT2D eigenvalue weighted by molar-refractivity contribution is -0.112. The molecule has 1 unspecified atom stereocenters. The number of rotatable bonds is 4. The molecule has 3 rings (SSSR count). The van der Waals surface area contributed by atoms with Crippen LogP contribution >= 0.6 is 0 Å². The average molecular weight is 321 g/mol. The monoisotopic (exact) mass is 321 g/mol. The molecule has 122 valence electrons. The quantitative estimate of drug-likeness (QED) is 0.905. The van der Waals surface area contributed by atoms with Gasteiger partial charge in [-0.05, 0) is 48.8 Å². The Balaban J connectivity index is 1.91. The number of carbonyl (C=O) groups excluding carboxylic acids is 1. The minimum absolute atomic E-state index is 0.137. The summed E-state index contributed by atoms with van der Waals surface area (Å²) in [4.78, 5) is 16.5. The number of amides is 1. The van der Waals surface area contributed by atoms with Gasteiger partial charge in [0.2, 0.25) is 0 Å². The van der Waals surface area contributed by atoms with Gasteiger partial charge in [0.05, 0.1) is 12.5 Å². The van der Waals surface area contributed by atoms with E-state index < -0.39 is 0 Å². The molecular weight excluding hydrogens is 302 g/mol. The average Bonchev–Trinajstić information content (AvgIpc) is 3.01. The molecule has 1 aliphatic carbocycles. The number of nitrogens with zero attached hydrogens (tertiary/aromatic N) is 1. The summed E-state index contributed by atoms with van der Waals surface area (Å²) in [7, 11) is 0. The number of pyridine rings is 1. The van der Waals surface area contributed by atoms with Crippen molar-refractivity contribution < 1.29 is 9.21 Å². The van der Waals surface area contributed by atoms with Crippen LogP contribution in [0.3, 0.4) is 0 Å². The fraction of sp³-hybridized carbons (Fsp3) is 0.158. The van der Waals surface area contributed by atoms with Crippen molar-refractivity contribution in [3.8, 4) is 0 Å². The smallest absolute Gasteiger partial charge is 0.255 e. The zero-order valence-corrected chi connectivity index (χ0v) is 13.4. The zero-order valence-electron chi connectivity index (χ0n) is 13.4. The Labute approximate surface area is 140 Å². The van der Waals surface area contributed by atoms with E-state index in [9.17, 15) is 4.79 Å². The van der Waals surface area contributed by atoms with Gasteiger partial charge in [-0.1, -0.05) is 12.2 Å². The van der Waals surface area contributed by atoms with Gasteiger partial charge in [0.1, 0.15) is 0 Å². The first-order chi connectivity index (χ1) is 11.6. The number of allylic oxidation sites excluding steroid dienone is 2. The molecule has 0 saturated carbocycles. The van der Waals surface area contributed by atoms with Gasteiger partial charge in [0.15, 0.2) is 0 Å². The van der Waals surface area contributed by atoms with E-state index in [1.165, 1.54) is 0 Å². The highest BCUT2D eigenvalue weighted by molar-refractivity contribution is 6.07. The summed E-state index contributed by atoms with van der Waals surface area (Å²) >= 11 is 0. The molecule has 2 heterocycles. The Morgan fingerprint density at radius 2 is 2.08 bits per heavy atom. The number of carbonyl (C=O) groups is 1. The maximum absolute atomic E-state index is 12.6. The predicted molar refractivity (Wildman–Crippen MR) is 94.0 cm³/mol. The van der Waals surface area contributed by atoms with Crippen LogP contribution in [-0.2, 0) is 4.79 Å². The Morgan fingerprint density at radius 1 is 1.29 bits per heavy atom. The van der Waals surface area contributed by atoms with Crippen molar-refractivity contribution in [1.29, 1.82) is 0 Å². The molecule has 1 atom stereocenters. The third kappa shape index (κ3) is 3.52. The maximum atomic E-state index is 12.6. The number of anilines is 1. The van der Waals surface area contributed by atoms with E-state index >= 15 is 0 Å². The van der Waals surface area contributed by atoms with E-state index in [0.717, 1.165) is 16.7 Å². The van der Waals surface area contributed by atoms with Crippen molar-refractivity contribution in [3.63, 3.8) is 0 Å². The second-order valence-corrected chi connectivity index (χ2v) is 5.60. The van der Waals surface area contributed by atoms with Crippen LogP contribution in [-0.4, -0.2) is 16.9 Å². The molecule has 0 aromatic carbocycles. The zero-order chi connectivity index (χ0) is 16.9. The Kier molecular flexibility index (Phi) is 4.72. The first kappa shape index (κ1) is 16.0. The van der Waals surface area contributed by atoms with Gasteiger partial charge in [-0.2, -0.15) is 0 Å². The van der Waals surface area contributed by atoms with Gasteiger partial charge < -0.3 is 15.5 Å². The number of furan rings is 1. The lowest BCUT2D eigenvalue weighted by atomic mass is 9.94. The van der Waals surface area contributed by atoms with Crippen LogP contribution in [0, 0.1) is 0 Å². The van der Waals surface area contributed by atoms with Crippen molar-refractivity contribution in [2.24, 2.45) is 5.73 Å². The predicted octanol–water partition coefficient (Wildman–Crippen LogP) is 3.30. The molecule has 24 heavy (non-hydrogen) atoms. The van der Waals surface area contributed by atoms with Gasteiger partial charge in [-0.25, -0.2) is 0 Å². The molecule has 1 amide bonds. The van der Waals surface area contributed by atoms with Crippen LogP contribution in [0.25, 0.3) is 5.57 Å². The molecule has 0 saturated heterocycles. The molecule has 2 aromatic heterocycles. The van der Waals surface area contributed by atoms with Gasteiger partial charge in [-0.3, -0.25) is 9.78 Å². The third-order valence-corrected chi connectivity index (χ3v) is 3.81. The normalized spacial score (nSPS) is 15.7. The van der Waals surface area contributed by atoms with E-state index in [4.69, 9.17) is 10.2 Å². The maximum Gasteiger partial charge on any atom is 0.255 e. The molecule has 5 nitrogen and oxygen atoms in total. The highest BCUT2D eigenvalue weighted by Crippen LogP contribution is 2.30. The molecule has 0 radical (unpaired) electrons. The molecule has 0 aliphatic heterocycles. The topological polar surface area (TPSA) is 81.2 Å². The minimum atomic E-state index is -0.165. The Hall–Kier alpha value is -2.92. The first-order valence-corrected chi connectivity index (χ1v) is 7.77. The summed E-state index contributed by atoms with van der Waals surface area (Å²) in [5.41, 5.74) is 10.2. The molecule has 0 fully saturated rings. The number of nitrogens with one attached hydrogen (secondary N) is 1. The number of aromatic nitrogens is 1. The van der Waals surface area contributed by atoms with Crippen molar-refractivity contribution in [3.05, 3.63) is 78.1 Å². The van der Waals surface area contributed by atoms with E-state index in [1.807, 2.05) is 25.1 Å². The summed E-state index contributed by atoms with van der Waals surface area (Å²) < 4.78 is 5.19. The Bertz CT molecular complexity index is 800. The largest absolute Gasteiger partial charge is 0.472 e. The van der Waals surface area contributed by atoms with Crippen LogP contribution in [0.5, 0.6) is 0 Å². The summed E-state index contributed by atoms with van der Waals surface area (Å²) in [5, 5.41) is 2.88. The molecular formula is C19H19N3O2. The van der Waals surface area contributed by atoms with E-state index in [1.54, 1.807) is 37.1 Å². The molecule has 5 heteroatoms. The van der Waals surface area contributed by atoms with Crippen LogP contribution in [0.4, 0.5) is 5.69 Å². The highest BCUT2D eigenvalue weighted by atomic mass is 16.3. The summed E-state index contributed by atoms with van der Waals surface area (Å²) in [5.74, 6) is -0.165. The summed E-state index contributed by atoms with van der Waals surface area (Å²) in [6.07, 6.45) is 13.0. The van der Waals surface area contributed by atoms with E-state index in [-0.39, 0.29) is 11.9 Å². The van der Waals surface area contributed by atoms with Crippen LogP contribution in [0.15, 0.2) is 76.9 Å². The van der Waals surface area contributed by atoms with E-state index in [0.29, 0.717) is 17.7 Å².